The minimum absolute atomic E-state index is 0.0273. The van der Waals surface area contributed by atoms with Crippen LogP contribution in [-0.2, 0) is 4.74 Å². The summed E-state index contributed by atoms with van der Waals surface area (Å²) in [6, 6.07) is 11.2. The summed E-state index contributed by atoms with van der Waals surface area (Å²) in [6.07, 6.45) is 0.844. The standard InChI is InChI=1S/C16H17NO3/c1-17(13-6-7-20-10-13)16(19)14-8-11-4-2-3-5-12(11)9-15(14)18/h2-5,8-9,13,18H,6-7,10H2,1H3. The first-order valence-electron chi connectivity index (χ1n) is 6.73. The van der Waals surface area contributed by atoms with E-state index in [4.69, 9.17) is 4.74 Å². The van der Waals surface area contributed by atoms with Crippen LogP contribution in [0.15, 0.2) is 36.4 Å². The Kier molecular flexibility index (Phi) is 3.32. The second-order valence-electron chi connectivity index (χ2n) is 5.15. The molecule has 1 heterocycles. The van der Waals surface area contributed by atoms with Crippen LogP contribution < -0.4 is 0 Å². The Hall–Kier alpha value is -2.07. The van der Waals surface area contributed by atoms with Crippen molar-refractivity contribution in [1.29, 1.82) is 0 Å². The molecule has 1 aliphatic rings. The number of likely N-dealkylation sites (N-methyl/N-ethyl adjacent to an activating group) is 1. The third-order valence-corrected chi connectivity index (χ3v) is 3.87. The molecule has 0 bridgehead atoms. The molecule has 4 heteroatoms. The summed E-state index contributed by atoms with van der Waals surface area (Å²) in [7, 11) is 1.76. The van der Waals surface area contributed by atoms with Crippen LogP contribution in [-0.4, -0.2) is 42.2 Å². The number of hydrogen-bond donors (Lipinski definition) is 1. The predicted molar refractivity (Wildman–Crippen MR) is 76.9 cm³/mol. The maximum atomic E-state index is 12.5. The highest BCUT2D eigenvalue weighted by Gasteiger charge is 2.26. The van der Waals surface area contributed by atoms with E-state index in [9.17, 15) is 9.90 Å². The Morgan fingerprint density at radius 1 is 1.30 bits per heavy atom. The smallest absolute Gasteiger partial charge is 0.257 e. The zero-order valence-corrected chi connectivity index (χ0v) is 11.4. The fourth-order valence-corrected chi connectivity index (χ4v) is 2.58. The van der Waals surface area contributed by atoms with Crippen LogP contribution in [0.25, 0.3) is 10.8 Å². The minimum Gasteiger partial charge on any atom is -0.507 e. The van der Waals surface area contributed by atoms with E-state index in [1.165, 1.54) is 0 Å². The Labute approximate surface area is 117 Å². The van der Waals surface area contributed by atoms with E-state index < -0.39 is 0 Å². The van der Waals surface area contributed by atoms with Crippen molar-refractivity contribution in [3.05, 3.63) is 42.0 Å². The third kappa shape index (κ3) is 2.23. The molecule has 1 N–H and O–H groups in total. The van der Waals surface area contributed by atoms with Gasteiger partial charge in [0.15, 0.2) is 0 Å². The van der Waals surface area contributed by atoms with Crippen LogP contribution in [0.3, 0.4) is 0 Å². The van der Waals surface area contributed by atoms with E-state index in [0.717, 1.165) is 17.2 Å². The molecule has 0 aromatic heterocycles. The summed E-state index contributed by atoms with van der Waals surface area (Å²) < 4.78 is 5.31. The maximum Gasteiger partial charge on any atom is 0.257 e. The van der Waals surface area contributed by atoms with Gasteiger partial charge in [0.05, 0.1) is 18.2 Å². The van der Waals surface area contributed by atoms with Crippen LogP contribution >= 0.6 is 0 Å². The molecule has 3 rings (SSSR count). The first-order chi connectivity index (χ1) is 9.66. The zero-order valence-electron chi connectivity index (χ0n) is 11.4. The molecule has 0 aliphatic carbocycles. The van der Waals surface area contributed by atoms with Gasteiger partial charge in [0, 0.05) is 13.7 Å². The number of nitrogens with zero attached hydrogens (tertiary/aromatic N) is 1. The lowest BCUT2D eigenvalue weighted by atomic mass is 10.0. The van der Waals surface area contributed by atoms with Gasteiger partial charge < -0.3 is 14.7 Å². The SMILES string of the molecule is CN(C(=O)c1cc2ccccc2cc1O)C1CCOC1. The molecule has 1 atom stereocenters. The van der Waals surface area contributed by atoms with Gasteiger partial charge in [-0.3, -0.25) is 4.79 Å². The highest BCUT2D eigenvalue weighted by atomic mass is 16.5. The molecule has 0 radical (unpaired) electrons. The van der Waals surface area contributed by atoms with E-state index in [2.05, 4.69) is 0 Å². The van der Waals surface area contributed by atoms with Crippen molar-refractivity contribution in [2.45, 2.75) is 12.5 Å². The molecule has 1 saturated heterocycles. The number of aromatic hydroxyl groups is 1. The lowest BCUT2D eigenvalue weighted by Crippen LogP contribution is -2.37. The maximum absolute atomic E-state index is 12.5. The van der Waals surface area contributed by atoms with Crippen LogP contribution in [0.1, 0.15) is 16.8 Å². The molecule has 2 aromatic rings. The topological polar surface area (TPSA) is 49.8 Å². The summed E-state index contributed by atoms with van der Waals surface area (Å²) in [5, 5.41) is 12.0. The first-order valence-corrected chi connectivity index (χ1v) is 6.73. The number of rotatable bonds is 2. The summed E-state index contributed by atoms with van der Waals surface area (Å²) in [5.41, 5.74) is 0.345. The summed E-state index contributed by atoms with van der Waals surface area (Å²) in [5.74, 6) is -0.136. The van der Waals surface area contributed by atoms with Gasteiger partial charge in [0.25, 0.3) is 5.91 Å². The Bertz CT molecular complexity index is 647. The molecule has 0 saturated carbocycles. The number of ether oxygens (including phenoxy) is 1. The highest BCUT2D eigenvalue weighted by Crippen LogP contribution is 2.27. The summed E-state index contributed by atoms with van der Waals surface area (Å²) in [6.45, 7) is 1.25. The molecule has 1 amide bonds. The van der Waals surface area contributed by atoms with Gasteiger partial charge >= 0.3 is 0 Å². The lowest BCUT2D eigenvalue weighted by molar-refractivity contribution is 0.0708. The second-order valence-corrected chi connectivity index (χ2v) is 5.15. The van der Waals surface area contributed by atoms with Gasteiger partial charge in [-0.2, -0.15) is 0 Å². The Morgan fingerprint density at radius 2 is 2.00 bits per heavy atom. The van der Waals surface area contributed by atoms with Crippen molar-refractivity contribution in [2.75, 3.05) is 20.3 Å². The molecule has 20 heavy (non-hydrogen) atoms. The Morgan fingerprint density at radius 3 is 2.65 bits per heavy atom. The fourth-order valence-electron chi connectivity index (χ4n) is 2.58. The summed E-state index contributed by atoms with van der Waals surface area (Å²) >= 11 is 0. The summed E-state index contributed by atoms with van der Waals surface area (Å²) in [4.78, 5) is 14.2. The quantitative estimate of drug-likeness (QED) is 0.912. The molecular weight excluding hydrogens is 254 g/mol. The van der Waals surface area contributed by atoms with Gasteiger partial charge in [0.1, 0.15) is 5.75 Å². The molecule has 1 fully saturated rings. The Balaban J connectivity index is 1.96. The highest BCUT2D eigenvalue weighted by molar-refractivity contribution is 6.01. The average molecular weight is 271 g/mol. The molecule has 2 aromatic carbocycles. The van der Waals surface area contributed by atoms with Gasteiger partial charge in [-0.1, -0.05) is 24.3 Å². The van der Waals surface area contributed by atoms with Crippen LogP contribution in [0.5, 0.6) is 5.75 Å². The van der Waals surface area contributed by atoms with Crippen molar-refractivity contribution in [1.82, 2.24) is 4.90 Å². The van der Waals surface area contributed by atoms with Crippen LogP contribution in [0.2, 0.25) is 0 Å². The number of phenolic OH excluding ortho intramolecular Hbond substituents is 1. The number of phenols is 1. The molecule has 104 valence electrons. The van der Waals surface area contributed by atoms with Crippen LogP contribution in [0, 0.1) is 0 Å². The zero-order chi connectivity index (χ0) is 14.1. The largest absolute Gasteiger partial charge is 0.507 e. The van der Waals surface area contributed by atoms with Crippen LogP contribution in [0.4, 0.5) is 0 Å². The molecule has 0 spiro atoms. The van der Waals surface area contributed by atoms with E-state index >= 15 is 0 Å². The second kappa shape index (κ2) is 5.13. The van der Waals surface area contributed by atoms with Gasteiger partial charge in [0.2, 0.25) is 0 Å². The third-order valence-electron chi connectivity index (χ3n) is 3.87. The fraction of sp³-hybridized carbons (Fsp3) is 0.312. The predicted octanol–water partition coefficient (Wildman–Crippen LogP) is 2.41. The number of amides is 1. The van der Waals surface area contributed by atoms with Gasteiger partial charge in [-0.25, -0.2) is 0 Å². The average Bonchev–Trinajstić information content (AvgIpc) is 2.99. The van der Waals surface area contributed by atoms with E-state index in [-0.39, 0.29) is 17.7 Å². The van der Waals surface area contributed by atoms with Crippen molar-refractivity contribution in [3.8, 4) is 5.75 Å². The number of carbonyl (C=O) groups is 1. The molecule has 4 nitrogen and oxygen atoms in total. The van der Waals surface area contributed by atoms with Crippen molar-refractivity contribution < 1.29 is 14.6 Å². The monoisotopic (exact) mass is 271 g/mol. The van der Waals surface area contributed by atoms with Gasteiger partial charge in [-0.05, 0) is 29.3 Å². The van der Waals surface area contributed by atoms with Crippen molar-refractivity contribution in [2.24, 2.45) is 0 Å². The number of benzene rings is 2. The van der Waals surface area contributed by atoms with Gasteiger partial charge in [-0.15, -0.1) is 0 Å². The van der Waals surface area contributed by atoms with Crippen molar-refractivity contribution >= 4 is 16.7 Å². The number of fused-ring (bicyclic) bond motifs is 1. The first kappa shape index (κ1) is 12.9. The molecule has 1 aliphatic heterocycles. The number of carbonyl (C=O) groups excluding carboxylic acids is 1. The molecule has 1 unspecified atom stereocenters. The normalized spacial score (nSPS) is 18.4. The van der Waals surface area contributed by atoms with E-state index in [1.807, 2.05) is 24.3 Å². The van der Waals surface area contributed by atoms with E-state index in [1.54, 1.807) is 24.1 Å². The van der Waals surface area contributed by atoms with Crippen molar-refractivity contribution in [3.63, 3.8) is 0 Å². The lowest BCUT2D eigenvalue weighted by Gasteiger charge is -2.23. The number of hydrogen-bond acceptors (Lipinski definition) is 3. The van der Waals surface area contributed by atoms with E-state index in [0.29, 0.717) is 18.8 Å². The molecular formula is C16H17NO3. The minimum atomic E-state index is -0.163.